The van der Waals surface area contributed by atoms with Gasteiger partial charge in [0.05, 0.1) is 0 Å². The van der Waals surface area contributed by atoms with Crippen molar-refractivity contribution in [2.45, 2.75) is 25.8 Å². The molecule has 5 nitrogen and oxygen atoms in total. The summed E-state index contributed by atoms with van der Waals surface area (Å²) in [4.78, 5) is 4.13. The minimum atomic E-state index is 0.0301. The van der Waals surface area contributed by atoms with E-state index in [2.05, 4.69) is 10.4 Å². The summed E-state index contributed by atoms with van der Waals surface area (Å²) >= 11 is 0. The van der Waals surface area contributed by atoms with E-state index < -0.39 is 0 Å². The number of rotatable bonds is 6. The average Bonchev–Trinajstić information content (AvgIpc) is 2.28. The van der Waals surface area contributed by atoms with Gasteiger partial charge >= 0.3 is 0 Å². The Morgan fingerprint density at radius 3 is 2.94 bits per heavy atom. The van der Waals surface area contributed by atoms with Crippen molar-refractivity contribution in [2.24, 2.45) is 5.84 Å². The molecule has 0 fully saturated rings. The molecule has 1 aromatic rings. The second-order valence-electron chi connectivity index (χ2n) is 3.84. The van der Waals surface area contributed by atoms with Gasteiger partial charge in [0.25, 0.3) is 0 Å². The van der Waals surface area contributed by atoms with Crippen LogP contribution in [0, 0.1) is 6.92 Å². The molecule has 5 heteroatoms. The number of ether oxygens (including phenoxy) is 1. The van der Waals surface area contributed by atoms with E-state index in [9.17, 15) is 0 Å². The first kappa shape index (κ1) is 12.9. The van der Waals surface area contributed by atoms with Gasteiger partial charge in [-0.2, -0.15) is 0 Å². The maximum Gasteiger partial charge on any atom is 0.128 e. The summed E-state index contributed by atoms with van der Waals surface area (Å²) in [7, 11) is 1.69. The van der Waals surface area contributed by atoms with E-state index in [0.717, 1.165) is 30.6 Å². The van der Waals surface area contributed by atoms with Crippen LogP contribution in [-0.4, -0.2) is 18.7 Å². The number of hydrogen-bond acceptors (Lipinski definition) is 5. The maximum absolute atomic E-state index is 5.83. The fourth-order valence-electron chi connectivity index (χ4n) is 1.64. The quantitative estimate of drug-likeness (QED) is 0.380. The Morgan fingerprint density at radius 2 is 2.31 bits per heavy atom. The summed E-state index contributed by atoms with van der Waals surface area (Å²) in [6.07, 6.45) is 3.56. The van der Waals surface area contributed by atoms with Gasteiger partial charge in [-0.3, -0.25) is 11.3 Å². The average molecular weight is 224 g/mol. The largest absolute Gasteiger partial charge is 0.385 e. The van der Waals surface area contributed by atoms with Crippen LogP contribution in [0.3, 0.4) is 0 Å². The molecule has 1 unspecified atom stereocenters. The first-order chi connectivity index (χ1) is 7.69. The monoisotopic (exact) mass is 224 g/mol. The molecule has 0 aromatic carbocycles. The number of nitrogens with two attached hydrogens (primary N) is 2. The van der Waals surface area contributed by atoms with Crippen LogP contribution in [0.25, 0.3) is 0 Å². The summed E-state index contributed by atoms with van der Waals surface area (Å²) in [6.45, 7) is 2.70. The summed E-state index contributed by atoms with van der Waals surface area (Å²) in [5.41, 5.74) is 10.6. The number of hydrazine groups is 1. The number of methoxy groups -OCH3 is 1. The lowest BCUT2D eigenvalue weighted by atomic mass is 10.0. The van der Waals surface area contributed by atoms with Gasteiger partial charge in [-0.1, -0.05) is 0 Å². The Kier molecular flexibility index (Phi) is 5.18. The van der Waals surface area contributed by atoms with Crippen molar-refractivity contribution < 1.29 is 4.74 Å². The van der Waals surface area contributed by atoms with E-state index in [4.69, 9.17) is 16.3 Å². The van der Waals surface area contributed by atoms with Crippen LogP contribution in [0.5, 0.6) is 0 Å². The molecule has 0 saturated heterocycles. The van der Waals surface area contributed by atoms with Crippen LogP contribution < -0.4 is 17.0 Å². The highest BCUT2D eigenvalue weighted by molar-refractivity contribution is 5.42. The highest BCUT2D eigenvalue weighted by Crippen LogP contribution is 2.22. The molecule has 0 amide bonds. The predicted molar refractivity (Wildman–Crippen MR) is 64.6 cm³/mol. The maximum atomic E-state index is 5.83. The topological polar surface area (TPSA) is 86.2 Å². The van der Waals surface area contributed by atoms with E-state index in [1.165, 1.54) is 0 Å². The molecule has 90 valence electrons. The molecule has 0 bridgehead atoms. The molecular weight excluding hydrogens is 204 g/mol. The fraction of sp³-hybridized carbons (Fsp3) is 0.545. The predicted octanol–water partition coefficient (Wildman–Crippen LogP) is 0.903. The molecule has 0 aliphatic carbocycles. The second-order valence-corrected chi connectivity index (χ2v) is 3.84. The van der Waals surface area contributed by atoms with Crippen LogP contribution in [0.1, 0.15) is 30.0 Å². The molecule has 1 rings (SSSR count). The zero-order valence-corrected chi connectivity index (χ0v) is 9.86. The van der Waals surface area contributed by atoms with Gasteiger partial charge in [0.15, 0.2) is 0 Å². The van der Waals surface area contributed by atoms with Crippen molar-refractivity contribution in [3.05, 3.63) is 23.4 Å². The van der Waals surface area contributed by atoms with Crippen LogP contribution in [0.2, 0.25) is 0 Å². The summed E-state index contributed by atoms with van der Waals surface area (Å²) in [5, 5.41) is 0. The lowest BCUT2D eigenvalue weighted by Gasteiger charge is -2.17. The zero-order valence-electron chi connectivity index (χ0n) is 9.86. The Balaban J connectivity index is 2.73. The van der Waals surface area contributed by atoms with Gasteiger partial charge in [0.1, 0.15) is 5.82 Å². The zero-order chi connectivity index (χ0) is 12.0. The molecule has 0 radical (unpaired) electrons. The van der Waals surface area contributed by atoms with E-state index in [1.54, 1.807) is 13.3 Å². The molecule has 5 N–H and O–H groups in total. The Bertz CT molecular complexity index is 330. The van der Waals surface area contributed by atoms with Crippen molar-refractivity contribution in [3.63, 3.8) is 0 Å². The molecule has 1 heterocycles. The van der Waals surface area contributed by atoms with E-state index in [0.29, 0.717) is 5.82 Å². The number of pyridine rings is 1. The molecule has 0 saturated carbocycles. The van der Waals surface area contributed by atoms with Crippen molar-refractivity contribution in [1.82, 2.24) is 10.4 Å². The third kappa shape index (κ3) is 3.44. The van der Waals surface area contributed by atoms with Gasteiger partial charge in [-0.25, -0.2) is 4.98 Å². The van der Waals surface area contributed by atoms with Gasteiger partial charge in [0.2, 0.25) is 0 Å². The Labute approximate surface area is 96.2 Å². The van der Waals surface area contributed by atoms with Gasteiger partial charge in [-0.05, 0) is 31.4 Å². The minimum absolute atomic E-state index is 0.0301. The number of nitrogen functional groups attached to an aromatic ring is 1. The van der Waals surface area contributed by atoms with Crippen molar-refractivity contribution in [3.8, 4) is 0 Å². The smallest absolute Gasteiger partial charge is 0.128 e. The van der Waals surface area contributed by atoms with Gasteiger partial charge in [-0.15, -0.1) is 0 Å². The molecule has 0 spiro atoms. The number of aryl methyl sites for hydroxylation is 1. The SMILES string of the molecule is COCCCC(NN)c1cc(C)cnc1N. The second kappa shape index (κ2) is 6.42. The van der Waals surface area contributed by atoms with E-state index >= 15 is 0 Å². The van der Waals surface area contributed by atoms with Crippen LogP contribution in [-0.2, 0) is 4.74 Å². The van der Waals surface area contributed by atoms with Gasteiger partial charge < -0.3 is 10.5 Å². The van der Waals surface area contributed by atoms with Crippen molar-refractivity contribution in [2.75, 3.05) is 19.5 Å². The third-order valence-corrected chi connectivity index (χ3v) is 2.50. The standard InChI is InChI=1S/C11H20N4O/c1-8-6-9(11(12)14-7-8)10(15-13)4-3-5-16-2/h6-7,10,15H,3-5,13H2,1-2H3,(H2,12,14). The number of aromatic nitrogens is 1. The first-order valence-electron chi connectivity index (χ1n) is 5.36. The van der Waals surface area contributed by atoms with Crippen LogP contribution in [0.15, 0.2) is 12.3 Å². The van der Waals surface area contributed by atoms with Crippen molar-refractivity contribution in [1.29, 1.82) is 0 Å². The summed E-state index contributed by atoms with van der Waals surface area (Å²) < 4.78 is 5.01. The first-order valence-corrected chi connectivity index (χ1v) is 5.36. The minimum Gasteiger partial charge on any atom is -0.385 e. The summed E-state index contributed by atoms with van der Waals surface area (Å²) in [5.74, 6) is 6.07. The number of hydrogen-bond donors (Lipinski definition) is 3. The van der Waals surface area contributed by atoms with Gasteiger partial charge in [0, 0.05) is 31.5 Å². The summed E-state index contributed by atoms with van der Waals surface area (Å²) in [6, 6.07) is 2.04. The highest BCUT2D eigenvalue weighted by atomic mass is 16.5. The molecule has 16 heavy (non-hydrogen) atoms. The molecule has 1 atom stereocenters. The fourth-order valence-corrected chi connectivity index (χ4v) is 1.64. The van der Waals surface area contributed by atoms with E-state index in [-0.39, 0.29) is 6.04 Å². The number of anilines is 1. The molecule has 0 aliphatic rings. The lowest BCUT2D eigenvalue weighted by Crippen LogP contribution is -2.29. The third-order valence-electron chi connectivity index (χ3n) is 2.50. The lowest BCUT2D eigenvalue weighted by molar-refractivity contribution is 0.189. The molecular formula is C11H20N4O. The normalized spacial score (nSPS) is 12.7. The molecule has 1 aromatic heterocycles. The number of nitrogens with one attached hydrogen (secondary N) is 1. The molecule has 0 aliphatic heterocycles. The van der Waals surface area contributed by atoms with Crippen LogP contribution in [0.4, 0.5) is 5.82 Å². The van der Waals surface area contributed by atoms with Crippen LogP contribution >= 0.6 is 0 Å². The van der Waals surface area contributed by atoms with Crippen molar-refractivity contribution >= 4 is 5.82 Å². The highest BCUT2D eigenvalue weighted by Gasteiger charge is 2.13. The van der Waals surface area contributed by atoms with E-state index in [1.807, 2.05) is 13.0 Å². The Morgan fingerprint density at radius 1 is 1.56 bits per heavy atom. The number of nitrogens with zero attached hydrogens (tertiary/aromatic N) is 1. The Hall–Kier alpha value is -1.17.